The standard InChI is InChI=1S/C17H18F2N2O2/c18-13-3-4-14(15(19)10-13)17(5-8-23-9-6-17)21-11-12-2-1-7-20-16(12)22/h1-4,7,10,21H,5-6,8-9,11H2,(H,20,22). The highest BCUT2D eigenvalue weighted by molar-refractivity contribution is 5.28. The van der Waals surface area contributed by atoms with Gasteiger partial charge < -0.3 is 15.0 Å². The second kappa shape index (κ2) is 6.60. The molecule has 122 valence electrons. The molecule has 4 nitrogen and oxygen atoms in total. The van der Waals surface area contributed by atoms with Gasteiger partial charge in [-0.25, -0.2) is 8.78 Å². The van der Waals surface area contributed by atoms with Gasteiger partial charge in [0, 0.05) is 43.1 Å². The Balaban J connectivity index is 1.91. The van der Waals surface area contributed by atoms with Crippen LogP contribution in [0.4, 0.5) is 8.78 Å². The molecule has 1 fully saturated rings. The molecule has 6 heteroatoms. The third-order valence-electron chi connectivity index (χ3n) is 4.31. The van der Waals surface area contributed by atoms with Gasteiger partial charge >= 0.3 is 0 Å². The summed E-state index contributed by atoms with van der Waals surface area (Å²) in [5.41, 5.74) is 0.135. The first kappa shape index (κ1) is 15.8. The van der Waals surface area contributed by atoms with E-state index in [-0.39, 0.29) is 5.56 Å². The highest BCUT2D eigenvalue weighted by Gasteiger charge is 2.36. The molecule has 0 bridgehead atoms. The van der Waals surface area contributed by atoms with E-state index in [1.165, 1.54) is 12.1 Å². The molecular formula is C17H18F2N2O2. The van der Waals surface area contributed by atoms with Crippen molar-refractivity contribution in [1.29, 1.82) is 0 Å². The number of pyridine rings is 1. The Kier molecular flexibility index (Phi) is 4.54. The van der Waals surface area contributed by atoms with Crippen molar-refractivity contribution < 1.29 is 13.5 Å². The van der Waals surface area contributed by atoms with Gasteiger partial charge in [0.15, 0.2) is 0 Å². The average Bonchev–Trinajstić information content (AvgIpc) is 2.55. The van der Waals surface area contributed by atoms with Gasteiger partial charge in [0.1, 0.15) is 11.6 Å². The Labute approximate surface area is 132 Å². The molecule has 1 saturated heterocycles. The van der Waals surface area contributed by atoms with Crippen molar-refractivity contribution in [2.75, 3.05) is 13.2 Å². The Morgan fingerprint density at radius 3 is 2.70 bits per heavy atom. The van der Waals surface area contributed by atoms with Crippen molar-refractivity contribution in [2.24, 2.45) is 0 Å². The average molecular weight is 320 g/mol. The van der Waals surface area contributed by atoms with Crippen LogP contribution in [0.3, 0.4) is 0 Å². The molecule has 0 saturated carbocycles. The maximum absolute atomic E-state index is 14.3. The highest BCUT2D eigenvalue weighted by Crippen LogP contribution is 2.34. The minimum Gasteiger partial charge on any atom is -0.381 e. The SMILES string of the molecule is O=c1[nH]cccc1CNC1(c2ccc(F)cc2F)CCOCC1. The zero-order valence-electron chi connectivity index (χ0n) is 12.6. The van der Waals surface area contributed by atoms with Gasteiger partial charge in [0.2, 0.25) is 0 Å². The van der Waals surface area contributed by atoms with E-state index < -0.39 is 17.2 Å². The Morgan fingerprint density at radius 2 is 2.00 bits per heavy atom. The topological polar surface area (TPSA) is 54.1 Å². The Morgan fingerprint density at radius 1 is 1.22 bits per heavy atom. The van der Waals surface area contributed by atoms with Crippen molar-refractivity contribution in [2.45, 2.75) is 24.9 Å². The van der Waals surface area contributed by atoms with Crippen LogP contribution in [0.15, 0.2) is 41.3 Å². The van der Waals surface area contributed by atoms with Gasteiger partial charge in [-0.3, -0.25) is 4.79 Å². The third kappa shape index (κ3) is 3.33. The zero-order valence-corrected chi connectivity index (χ0v) is 12.6. The first-order valence-electron chi connectivity index (χ1n) is 7.56. The van der Waals surface area contributed by atoms with Crippen molar-refractivity contribution >= 4 is 0 Å². The molecule has 1 aliphatic rings. The minimum atomic E-state index is -0.668. The summed E-state index contributed by atoms with van der Waals surface area (Å²) < 4.78 is 32.9. The van der Waals surface area contributed by atoms with Crippen LogP contribution in [-0.4, -0.2) is 18.2 Å². The number of aromatic nitrogens is 1. The van der Waals surface area contributed by atoms with E-state index in [4.69, 9.17) is 4.74 Å². The van der Waals surface area contributed by atoms with Gasteiger partial charge in [-0.15, -0.1) is 0 Å². The van der Waals surface area contributed by atoms with Gasteiger partial charge in [0.25, 0.3) is 5.56 Å². The molecule has 0 spiro atoms. The van der Waals surface area contributed by atoms with Gasteiger partial charge in [-0.05, 0) is 25.0 Å². The number of hydrogen-bond acceptors (Lipinski definition) is 3. The van der Waals surface area contributed by atoms with E-state index in [9.17, 15) is 13.6 Å². The molecule has 2 N–H and O–H groups in total. The molecule has 0 aliphatic carbocycles. The first-order chi connectivity index (χ1) is 11.1. The summed E-state index contributed by atoms with van der Waals surface area (Å²) in [4.78, 5) is 14.4. The summed E-state index contributed by atoms with van der Waals surface area (Å²) in [6.45, 7) is 1.26. The van der Waals surface area contributed by atoms with Gasteiger partial charge in [0.05, 0.1) is 5.54 Å². The number of halogens is 2. The normalized spacial score (nSPS) is 17.1. The molecule has 2 aromatic rings. The summed E-state index contributed by atoms with van der Waals surface area (Å²) in [6.07, 6.45) is 2.68. The van der Waals surface area contributed by atoms with E-state index in [0.717, 1.165) is 6.07 Å². The predicted molar refractivity (Wildman–Crippen MR) is 82.0 cm³/mol. The Hall–Kier alpha value is -2.05. The number of rotatable bonds is 4. The summed E-state index contributed by atoms with van der Waals surface area (Å²) in [6, 6.07) is 7.09. The number of hydrogen-bond donors (Lipinski definition) is 2. The van der Waals surface area contributed by atoms with Crippen molar-refractivity contribution in [3.63, 3.8) is 0 Å². The van der Waals surface area contributed by atoms with Crippen LogP contribution < -0.4 is 10.9 Å². The maximum atomic E-state index is 14.3. The number of nitrogens with one attached hydrogen (secondary N) is 2. The van der Waals surface area contributed by atoms with Crippen LogP contribution in [0, 0.1) is 11.6 Å². The first-order valence-corrected chi connectivity index (χ1v) is 7.56. The molecule has 1 aromatic carbocycles. The van der Waals surface area contributed by atoms with E-state index in [1.54, 1.807) is 18.3 Å². The van der Waals surface area contributed by atoms with Crippen molar-refractivity contribution in [3.05, 3.63) is 69.6 Å². The molecule has 23 heavy (non-hydrogen) atoms. The molecule has 1 aromatic heterocycles. The number of aromatic amines is 1. The monoisotopic (exact) mass is 320 g/mol. The summed E-state index contributed by atoms with van der Waals surface area (Å²) in [5, 5.41) is 3.31. The summed E-state index contributed by atoms with van der Waals surface area (Å²) in [5.74, 6) is -1.19. The fraction of sp³-hybridized carbons (Fsp3) is 0.353. The van der Waals surface area contributed by atoms with Crippen molar-refractivity contribution in [3.8, 4) is 0 Å². The number of ether oxygens (including phenoxy) is 1. The molecule has 0 unspecified atom stereocenters. The molecule has 2 heterocycles. The van der Waals surface area contributed by atoms with Crippen LogP contribution >= 0.6 is 0 Å². The Bertz CT molecular complexity index is 739. The van der Waals surface area contributed by atoms with Gasteiger partial charge in [-0.1, -0.05) is 12.1 Å². The van der Waals surface area contributed by atoms with Gasteiger partial charge in [-0.2, -0.15) is 0 Å². The zero-order chi connectivity index (χ0) is 16.3. The quantitative estimate of drug-likeness (QED) is 0.910. The smallest absolute Gasteiger partial charge is 0.252 e. The largest absolute Gasteiger partial charge is 0.381 e. The van der Waals surface area contributed by atoms with Crippen LogP contribution in [0.5, 0.6) is 0 Å². The second-order valence-electron chi connectivity index (χ2n) is 5.70. The maximum Gasteiger partial charge on any atom is 0.252 e. The lowest BCUT2D eigenvalue weighted by Gasteiger charge is -2.39. The summed E-state index contributed by atoms with van der Waals surface area (Å²) in [7, 11) is 0. The molecule has 0 atom stereocenters. The lowest BCUT2D eigenvalue weighted by Crippen LogP contribution is -2.47. The van der Waals surface area contributed by atoms with E-state index in [0.29, 0.717) is 43.7 Å². The minimum absolute atomic E-state index is 0.179. The van der Waals surface area contributed by atoms with Crippen LogP contribution in [-0.2, 0) is 16.8 Å². The molecule has 0 radical (unpaired) electrons. The van der Waals surface area contributed by atoms with Crippen LogP contribution in [0.2, 0.25) is 0 Å². The van der Waals surface area contributed by atoms with Crippen LogP contribution in [0.25, 0.3) is 0 Å². The lowest BCUT2D eigenvalue weighted by atomic mass is 9.82. The predicted octanol–water partition coefficient (Wildman–Crippen LogP) is 2.45. The fourth-order valence-electron chi connectivity index (χ4n) is 3.00. The number of benzene rings is 1. The second-order valence-corrected chi connectivity index (χ2v) is 5.70. The molecule has 3 rings (SSSR count). The summed E-state index contributed by atoms with van der Waals surface area (Å²) >= 11 is 0. The lowest BCUT2D eigenvalue weighted by molar-refractivity contribution is 0.0343. The van der Waals surface area contributed by atoms with E-state index in [2.05, 4.69) is 10.3 Å². The molecule has 0 amide bonds. The molecular weight excluding hydrogens is 302 g/mol. The number of H-pyrrole nitrogens is 1. The fourth-order valence-corrected chi connectivity index (χ4v) is 3.00. The third-order valence-corrected chi connectivity index (χ3v) is 4.31. The van der Waals surface area contributed by atoms with Crippen molar-refractivity contribution in [1.82, 2.24) is 10.3 Å². The van der Waals surface area contributed by atoms with E-state index >= 15 is 0 Å². The van der Waals surface area contributed by atoms with E-state index in [1.807, 2.05) is 0 Å². The molecule has 1 aliphatic heterocycles. The highest BCUT2D eigenvalue weighted by atomic mass is 19.1. The van der Waals surface area contributed by atoms with Crippen LogP contribution in [0.1, 0.15) is 24.0 Å².